The van der Waals surface area contributed by atoms with Gasteiger partial charge >= 0.3 is 13.5 Å². The second-order valence-corrected chi connectivity index (χ2v) is 7.45. The van der Waals surface area contributed by atoms with Crippen LogP contribution in [0.5, 0.6) is 5.75 Å². The van der Waals surface area contributed by atoms with Gasteiger partial charge in [0, 0.05) is 25.1 Å². The highest BCUT2D eigenvalue weighted by atomic mass is 19.4. The monoisotopic (exact) mass is 403 g/mol. The molecule has 0 aromatic heterocycles. The fourth-order valence-electron chi connectivity index (χ4n) is 2.45. The van der Waals surface area contributed by atoms with E-state index in [0.717, 1.165) is 12.1 Å². The minimum Gasteiger partial charge on any atom is -0.406 e. The molecular weight excluding hydrogens is 381 g/mol. The molecule has 1 aromatic carbocycles. The van der Waals surface area contributed by atoms with Crippen molar-refractivity contribution in [2.45, 2.75) is 52.2 Å². The van der Waals surface area contributed by atoms with E-state index in [2.05, 4.69) is 10.1 Å². The summed E-state index contributed by atoms with van der Waals surface area (Å²) in [6.45, 7) is 8.71. The van der Waals surface area contributed by atoms with Crippen LogP contribution in [-0.2, 0) is 14.1 Å². The quantitative estimate of drug-likeness (QED) is 0.599. The first-order chi connectivity index (χ1) is 12.7. The molecular formula is C18H22BF4NO4. The number of nitrogens with one attached hydrogen (secondary N) is 1. The second-order valence-electron chi connectivity index (χ2n) is 7.45. The number of rotatable bonds is 5. The fraction of sp³-hybridized carbons (Fsp3) is 0.500. The molecule has 2 rings (SSSR count). The smallest absolute Gasteiger partial charge is 0.406 e. The molecule has 28 heavy (non-hydrogen) atoms. The highest BCUT2D eigenvalue weighted by molar-refractivity contribution is 6.56. The Balaban J connectivity index is 2.33. The van der Waals surface area contributed by atoms with Gasteiger partial charge in [-0.25, -0.2) is 4.39 Å². The minimum absolute atomic E-state index is 0.00425. The summed E-state index contributed by atoms with van der Waals surface area (Å²) in [4.78, 5) is 11.3. The molecule has 0 unspecified atom stereocenters. The third-order valence-corrected chi connectivity index (χ3v) is 4.64. The van der Waals surface area contributed by atoms with Gasteiger partial charge in [-0.2, -0.15) is 0 Å². The Morgan fingerprint density at radius 2 is 1.79 bits per heavy atom. The van der Waals surface area contributed by atoms with Gasteiger partial charge in [-0.15, -0.1) is 13.2 Å². The number of alkyl halides is 3. The Labute approximate surface area is 161 Å². The van der Waals surface area contributed by atoms with Crippen LogP contribution in [0.2, 0.25) is 0 Å². The number of ether oxygens (including phenoxy) is 1. The molecule has 1 N–H and O–H groups in total. The number of hydrogen-bond acceptors (Lipinski definition) is 4. The molecule has 1 aliphatic heterocycles. The average Bonchev–Trinajstić information content (AvgIpc) is 2.71. The SMILES string of the molecule is CC(=O)NCC(=Cc1ccc(OC(F)(F)F)cc1F)B1OC(C)(C)C(C)(C)O1. The predicted molar refractivity (Wildman–Crippen MR) is 95.8 cm³/mol. The minimum atomic E-state index is -4.91. The molecule has 1 saturated heterocycles. The van der Waals surface area contributed by atoms with Gasteiger partial charge in [-0.1, -0.05) is 6.08 Å². The van der Waals surface area contributed by atoms with Gasteiger partial charge in [0.25, 0.3) is 0 Å². The van der Waals surface area contributed by atoms with Crippen molar-refractivity contribution in [1.29, 1.82) is 0 Å². The van der Waals surface area contributed by atoms with Crippen LogP contribution < -0.4 is 10.1 Å². The van der Waals surface area contributed by atoms with E-state index in [9.17, 15) is 22.4 Å². The summed E-state index contributed by atoms with van der Waals surface area (Å²) >= 11 is 0. The van der Waals surface area contributed by atoms with Gasteiger partial charge in [-0.05, 0) is 45.3 Å². The number of carbonyl (C=O) groups excluding carboxylic acids is 1. The van der Waals surface area contributed by atoms with E-state index in [1.54, 1.807) is 0 Å². The van der Waals surface area contributed by atoms with Crippen molar-refractivity contribution in [1.82, 2.24) is 5.32 Å². The Kier molecular flexibility index (Phi) is 6.15. The molecule has 1 aliphatic rings. The summed E-state index contributed by atoms with van der Waals surface area (Å²) in [6.07, 6.45) is -3.53. The highest BCUT2D eigenvalue weighted by Gasteiger charge is 2.52. The van der Waals surface area contributed by atoms with Crippen molar-refractivity contribution in [3.05, 3.63) is 35.1 Å². The first-order valence-corrected chi connectivity index (χ1v) is 8.56. The number of benzene rings is 1. The Morgan fingerprint density at radius 3 is 2.25 bits per heavy atom. The second kappa shape index (κ2) is 7.75. The lowest BCUT2D eigenvalue weighted by Gasteiger charge is -2.32. The molecule has 0 aliphatic carbocycles. The van der Waals surface area contributed by atoms with E-state index in [1.807, 2.05) is 27.7 Å². The largest absolute Gasteiger partial charge is 0.573 e. The standard InChI is InChI=1S/C18H22BF4NO4/c1-11(25)24-10-13(19-27-16(2,3)17(4,5)28-19)8-12-6-7-14(9-15(12)20)26-18(21,22)23/h6-9H,10H2,1-5H3,(H,24,25). The maximum Gasteiger partial charge on any atom is 0.573 e. The molecule has 5 nitrogen and oxygen atoms in total. The fourth-order valence-corrected chi connectivity index (χ4v) is 2.45. The van der Waals surface area contributed by atoms with E-state index < -0.39 is 36.2 Å². The van der Waals surface area contributed by atoms with Crippen LogP contribution in [0, 0.1) is 5.82 Å². The van der Waals surface area contributed by atoms with E-state index in [4.69, 9.17) is 9.31 Å². The van der Waals surface area contributed by atoms with Crippen LogP contribution in [0.15, 0.2) is 23.7 Å². The summed E-state index contributed by atoms with van der Waals surface area (Å²) in [5, 5.41) is 2.60. The van der Waals surface area contributed by atoms with Gasteiger partial charge in [0.15, 0.2) is 0 Å². The van der Waals surface area contributed by atoms with E-state index >= 15 is 0 Å². The van der Waals surface area contributed by atoms with Crippen molar-refractivity contribution in [2.24, 2.45) is 0 Å². The maximum atomic E-state index is 14.3. The third-order valence-electron chi connectivity index (χ3n) is 4.64. The maximum absolute atomic E-state index is 14.3. The summed E-state index contributed by atoms with van der Waals surface area (Å²) in [5.41, 5.74) is -0.895. The topological polar surface area (TPSA) is 56.8 Å². The van der Waals surface area contributed by atoms with Crippen LogP contribution in [0.25, 0.3) is 6.08 Å². The lowest BCUT2D eigenvalue weighted by Crippen LogP contribution is -2.41. The zero-order valence-electron chi connectivity index (χ0n) is 16.2. The van der Waals surface area contributed by atoms with E-state index in [1.165, 1.54) is 13.0 Å². The first-order valence-electron chi connectivity index (χ1n) is 8.56. The highest BCUT2D eigenvalue weighted by Crippen LogP contribution is 2.39. The lowest BCUT2D eigenvalue weighted by atomic mass is 9.77. The number of amides is 1. The average molecular weight is 403 g/mol. The van der Waals surface area contributed by atoms with Gasteiger partial charge < -0.3 is 19.4 Å². The van der Waals surface area contributed by atoms with Gasteiger partial charge in [0.05, 0.1) is 11.2 Å². The molecule has 0 atom stereocenters. The van der Waals surface area contributed by atoms with E-state index in [0.29, 0.717) is 11.5 Å². The molecule has 1 heterocycles. The van der Waals surface area contributed by atoms with Crippen LogP contribution in [0.4, 0.5) is 17.6 Å². The molecule has 0 spiro atoms. The number of carbonyl (C=O) groups is 1. The summed E-state index contributed by atoms with van der Waals surface area (Å²) in [7, 11) is -0.859. The van der Waals surface area contributed by atoms with Crippen LogP contribution in [0.1, 0.15) is 40.2 Å². The van der Waals surface area contributed by atoms with Crippen LogP contribution in [-0.4, -0.2) is 37.1 Å². The van der Waals surface area contributed by atoms with Crippen molar-refractivity contribution < 1.29 is 36.4 Å². The zero-order chi connectivity index (χ0) is 21.3. The molecule has 0 radical (unpaired) electrons. The predicted octanol–water partition coefficient (Wildman–Crippen LogP) is 3.88. The van der Waals surface area contributed by atoms with Gasteiger partial charge in [-0.3, -0.25) is 4.79 Å². The normalized spacial score (nSPS) is 18.9. The molecule has 0 saturated carbocycles. The van der Waals surface area contributed by atoms with E-state index in [-0.39, 0.29) is 18.0 Å². The third kappa shape index (κ3) is 5.48. The summed E-state index contributed by atoms with van der Waals surface area (Å²) in [5.74, 6) is -1.89. The molecule has 1 fully saturated rings. The number of hydrogen-bond donors (Lipinski definition) is 1. The van der Waals surface area contributed by atoms with Crippen LogP contribution in [0.3, 0.4) is 0 Å². The zero-order valence-corrected chi connectivity index (χ0v) is 16.2. The Morgan fingerprint density at radius 1 is 1.21 bits per heavy atom. The summed E-state index contributed by atoms with van der Waals surface area (Å²) in [6, 6.07) is 2.79. The van der Waals surface area contributed by atoms with Gasteiger partial charge in [0.2, 0.25) is 5.91 Å². The van der Waals surface area contributed by atoms with Gasteiger partial charge in [0.1, 0.15) is 11.6 Å². The molecule has 0 bridgehead atoms. The lowest BCUT2D eigenvalue weighted by molar-refractivity contribution is -0.274. The Hall–Kier alpha value is -2.07. The van der Waals surface area contributed by atoms with Crippen molar-refractivity contribution in [2.75, 3.05) is 6.54 Å². The Bertz CT molecular complexity index is 761. The van der Waals surface area contributed by atoms with Crippen LogP contribution >= 0.6 is 0 Å². The first kappa shape index (κ1) is 22.2. The molecule has 10 heteroatoms. The summed E-state index contributed by atoms with van der Waals surface area (Å²) < 4.78 is 66.7. The van der Waals surface area contributed by atoms with Crippen molar-refractivity contribution >= 4 is 19.1 Å². The number of halogens is 4. The molecule has 154 valence electrons. The van der Waals surface area contributed by atoms with Crippen molar-refractivity contribution in [3.8, 4) is 5.75 Å². The van der Waals surface area contributed by atoms with Crippen molar-refractivity contribution in [3.63, 3.8) is 0 Å². The molecule has 1 aromatic rings. The molecule has 1 amide bonds.